The molecule has 5 unspecified atom stereocenters. The minimum Gasteiger partial charge on any atom is -0.0651 e. The lowest BCUT2D eigenvalue weighted by atomic mass is 9.62. The van der Waals surface area contributed by atoms with Crippen molar-refractivity contribution in [1.82, 2.24) is 0 Å². The smallest absolute Gasteiger partial charge is 0.0352 e. The zero-order valence-electron chi connectivity index (χ0n) is 18.1. The molecule has 0 N–H and O–H groups in total. The second-order valence-electron chi connectivity index (χ2n) is 11.3. The lowest BCUT2D eigenvalue weighted by molar-refractivity contribution is 0.0664. The quantitative estimate of drug-likeness (QED) is 0.476. The Kier molecular flexibility index (Phi) is 6.37. The van der Waals surface area contributed by atoms with E-state index in [-0.39, 0.29) is 0 Å². The second-order valence-corrected chi connectivity index (χ2v) is 11.3. The Morgan fingerprint density at radius 2 is 1.23 bits per heavy atom. The van der Waals surface area contributed by atoms with Crippen molar-refractivity contribution in [1.29, 1.82) is 0 Å². The molecule has 26 heavy (non-hydrogen) atoms. The van der Waals surface area contributed by atoms with Gasteiger partial charge >= 0.3 is 0 Å². The first-order chi connectivity index (χ1) is 12.7. The van der Waals surface area contributed by atoms with Crippen molar-refractivity contribution in [3.8, 4) is 0 Å². The van der Waals surface area contributed by atoms with Crippen LogP contribution in [0.4, 0.5) is 0 Å². The lowest BCUT2D eigenvalue weighted by Gasteiger charge is -2.43. The highest BCUT2D eigenvalue weighted by molar-refractivity contribution is 4.95. The summed E-state index contributed by atoms with van der Waals surface area (Å²) in [7, 11) is 0. The molecule has 4 aliphatic rings. The summed E-state index contributed by atoms with van der Waals surface area (Å²) in [4.78, 5) is 0. The summed E-state index contributed by atoms with van der Waals surface area (Å²) in [5.74, 6) is 9.70. The average molecular weight is 359 g/mol. The van der Waals surface area contributed by atoms with E-state index in [2.05, 4.69) is 20.8 Å². The Balaban J connectivity index is 1.34. The molecule has 0 aromatic rings. The van der Waals surface area contributed by atoms with Crippen molar-refractivity contribution in [2.45, 2.75) is 111 Å². The van der Waals surface area contributed by atoms with E-state index < -0.39 is 0 Å². The maximum atomic E-state index is 2.66. The molecular weight excluding hydrogens is 312 g/mol. The predicted molar refractivity (Wildman–Crippen MR) is 113 cm³/mol. The van der Waals surface area contributed by atoms with Crippen LogP contribution in [0, 0.1) is 53.3 Å². The molecule has 4 fully saturated rings. The number of hydrogen-bond donors (Lipinski definition) is 0. The fraction of sp³-hybridized carbons (Fsp3) is 1.00. The van der Waals surface area contributed by atoms with Gasteiger partial charge in [-0.1, -0.05) is 52.9 Å². The van der Waals surface area contributed by atoms with Crippen LogP contribution in [0.3, 0.4) is 0 Å². The molecule has 0 bridgehead atoms. The van der Waals surface area contributed by atoms with E-state index in [0.717, 1.165) is 53.3 Å². The van der Waals surface area contributed by atoms with Crippen LogP contribution in [-0.4, -0.2) is 0 Å². The summed E-state index contributed by atoms with van der Waals surface area (Å²) in [5, 5.41) is 0. The van der Waals surface area contributed by atoms with Crippen LogP contribution in [-0.2, 0) is 0 Å². The molecule has 5 atom stereocenters. The molecule has 0 aliphatic heterocycles. The molecule has 4 rings (SSSR count). The van der Waals surface area contributed by atoms with Gasteiger partial charge in [0.15, 0.2) is 0 Å². The van der Waals surface area contributed by atoms with Crippen molar-refractivity contribution >= 4 is 0 Å². The van der Waals surface area contributed by atoms with Gasteiger partial charge in [-0.05, 0) is 111 Å². The molecular formula is C26H46. The first-order valence-corrected chi connectivity index (χ1v) is 12.7. The number of hydrogen-bond acceptors (Lipinski definition) is 0. The van der Waals surface area contributed by atoms with E-state index in [1.807, 2.05) is 0 Å². The number of rotatable bonds is 4. The molecule has 0 heteroatoms. The zero-order chi connectivity index (χ0) is 18.1. The van der Waals surface area contributed by atoms with E-state index in [1.165, 1.54) is 32.1 Å². The maximum Gasteiger partial charge on any atom is -0.0352 e. The van der Waals surface area contributed by atoms with Gasteiger partial charge < -0.3 is 0 Å². The summed E-state index contributed by atoms with van der Waals surface area (Å²) in [6, 6.07) is 0. The largest absolute Gasteiger partial charge is 0.0651 e. The van der Waals surface area contributed by atoms with Crippen molar-refractivity contribution in [3.63, 3.8) is 0 Å². The van der Waals surface area contributed by atoms with Gasteiger partial charge in [0.25, 0.3) is 0 Å². The molecule has 0 aromatic heterocycles. The SMILES string of the molecule is CCC1CCC(C(C)C2CCC3CCC(C4CCC(C)CC4)C3C2)CC1. The molecule has 0 saturated heterocycles. The molecule has 0 spiro atoms. The van der Waals surface area contributed by atoms with Gasteiger partial charge in [0, 0.05) is 0 Å². The van der Waals surface area contributed by atoms with Crippen molar-refractivity contribution < 1.29 is 0 Å². The fourth-order valence-electron chi connectivity index (χ4n) is 8.09. The normalized spacial score (nSPS) is 48.1. The summed E-state index contributed by atoms with van der Waals surface area (Å²) in [6.07, 6.45) is 21.7. The summed E-state index contributed by atoms with van der Waals surface area (Å²) < 4.78 is 0. The molecule has 0 amide bonds. The Bertz CT molecular complexity index is 423. The highest BCUT2D eigenvalue weighted by Crippen LogP contribution is 2.55. The van der Waals surface area contributed by atoms with Crippen LogP contribution in [0.25, 0.3) is 0 Å². The van der Waals surface area contributed by atoms with Crippen LogP contribution >= 0.6 is 0 Å². The fourth-order valence-corrected chi connectivity index (χ4v) is 8.09. The van der Waals surface area contributed by atoms with E-state index in [4.69, 9.17) is 0 Å². The minimum atomic E-state index is 1.01. The van der Waals surface area contributed by atoms with E-state index in [1.54, 1.807) is 57.8 Å². The topological polar surface area (TPSA) is 0 Å². The molecule has 0 heterocycles. The van der Waals surface area contributed by atoms with Crippen molar-refractivity contribution in [2.75, 3.05) is 0 Å². The third kappa shape index (κ3) is 4.05. The Morgan fingerprint density at radius 3 is 1.92 bits per heavy atom. The second kappa shape index (κ2) is 8.57. The van der Waals surface area contributed by atoms with E-state index in [0.29, 0.717) is 0 Å². The van der Waals surface area contributed by atoms with Crippen LogP contribution in [0.5, 0.6) is 0 Å². The molecule has 4 aliphatic carbocycles. The average Bonchev–Trinajstić information content (AvgIpc) is 3.11. The van der Waals surface area contributed by atoms with Gasteiger partial charge in [-0.15, -0.1) is 0 Å². The van der Waals surface area contributed by atoms with Gasteiger partial charge in [-0.3, -0.25) is 0 Å². The molecule has 0 nitrogen and oxygen atoms in total. The van der Waals surface area contributed by atoms with Crippen LogP contribution in [0.15, 0.2) is 0 Å². The Labute approximate surface area is 164 Å². The summed E-state index contributed by atoms with van der Waals surface area (Å²) in [5.41, 5.74) is 0. The summed E-state index contributed by atoms with van der Waals surface area (Å²) in [6.45, 7) is 7.55. The van der Waals surface area contributed by atoms with Crippen LogP contribution < -0.4 is 0 Å². The molecule has 0 radical (unpaired) electrons. The standard InChI is InChI=1S/C26H46/c1-4-20-7-11-21(12-8-20)19(3)24-14-13-23-15-16-25(26(23)17-24)22-9-5-18(2)6-10-22/h18-26H,4-17H2,1-3H3. The maximum absolute atomic E-state index is 2.66. The van der Waals surface area contributed by atoms with Crippen molar-refractivity contribution in [3.05, 3.63) is 0 Å². The van der Waals surface area contributed by atoms with Crippen molar-refractivity contribution in [2.24, 2.45) is 53.3 Å². The Morgan fingerprint density at radius 1 is 0.654 bits per heavy atom. The third-order valence-corrected chi connectivity index (χ3v) is 10.1. The van der Waals surface area contributed by atoms with Gasteiger partial charge in [0.05, 0.1) is 0 Å². The third-order valence-electron chi connectivity index (χ3n) is 10.1. The predicted octanol–water partition coefficient (Wildman–Crippen LogP) is 8.11. The number of fused-ring (bicyclic) bond motifs is 1. The first-order valence-electron chi connectivity index (χ1n) is 12.7. The monoisotopic (exact) mass is 358 g/mol. The van der Waals surface area contributed by atoms with Gasteiger partial charge in [-0.25, -0.2) is 0 Å². The summed E-state index contributed by atoms with van der Waals surface area (Å²) >= 11 is 0. The van der Waals surface area contributed by atoms with Crippen LogP contribution in [0.2, 0.25) is 0 Å². The van der Waals surface area contributed by atoms with E-state index >= 15 is 0 Å². The highest BCUT2D eigenvalue weighted by atomic mass is 14.5. The van der Waals surface area contributed by atoms with Gasteiger partial charge in [-0.2, -0.15) is 0 Å². The molecule has 0 aromatic carbocycles. The zero-order valence-corrected chi connectivity index (χ0v) is 18.1. The lowest BCUT2D eigenvalue weighted by Crippen LogP contribution is -2.34. The van der Waals surface area contributed by atoms with Crippen LogP contribution in [0.1, 0.15) is 111 Å². The molecule has 150 valence electrons. The van der Waals surface area contributed by atoms with E-state index in [9.17, 15) is 0 Å². The Hall–Kier alpha value is 0. The molecule has 4 saturated carbocycles. The van der Waals surface area contributed by atoms with Gasteiger partial charge in [0.1, 0.15) is 0 Å². The highest BCUT2D eigenvalue weighted by Gasteiger charge is 2.45. The minimum absolute atomic E-state index is 1.01. The first kappa shape index (κ1) is 19.3. The van der Waals surface area contributed by atoms with Gasteiger partial charge in [0.2, 0.25) is 0 Å².